The van der Waals surface area contributed by atoms with Gasteiger partial charge in [-0.15, -0.1) is 11.6 Å². The molecule has 1 heterocycles. The van der Waals surface area contributed by atoms with Crippen LogP contribution in [0.25, 0.3) is 10.8 Å². The Morgan fingerprint density at radius 3 is 2.52 bits per heavy atom. The summed E-state index contributed by atoms with van der Waals surface area (Å²) in [5.41, 5.74) is 2.38. The van der Waals surface area contributed by atoms with Crippen molar-refractivity contribution in [1.82, 2.24) is 15.8 Å². The molecule has 0 aliphatic heterocycles. The van der Waals surface area contributed by atoms with E-state index in [9.17, 15) is 9.59 Å². The molecule has 152 valence electrons. The van der Waals surface area contributed by atoms with Gasteiger partial charge in [0.05, 0.1) is 17.7 Å². The van der Waals surface area contributed by atoms with Crippen molar-refractivity contribution in [2.24, 2.45) is 0 Å². The number of nitrogens with zero attached hydrogens (tertiary/aromatic N) is 1. The number of aromatic nitrogens is 1. The fourth-order valence-electron chi connectivity index (χ4n) is 3.48. The lowest BCUT2D eigenvalue weighted by Crippen LogP contribution is -2.39. The minimum absolute atomic E-state index is 0.131. The van der Waals surface area contributed by atoms with E-state index in [2.05, 4.69) is 15.8 Å². The molecule has 2 unspecified atom stereocenters. The Morgan fingerprint density at radius 1 is 1.14 bits per heavy atom. The van der Waals surface area contributed by atoms with Gasteiger partial charge in [0.1, 0.15) is 11.6 Å². The molecule has 1 aromatic heterocycles. The number of nitrogens with one attached hydrogen (secondary N) is 2. The highest BCUT2D eigenvalue weighted by Crippen LogP contribution is 2.25. The van der Waals surface area contributed by atoms with Gasteiger partial charge < -0.3 is 15.2 Å². The number of benzene rings is 2. The summed E-state index contributed by atoms with van der Waals surface area (Å²) in [6.07, 6.45) is 0. The zero-order chi connectivity index (χ0) is 21.0. The summed E-state index contributed by atoms with van der Waals surface area (Å²) in [7, 11) is 0. The van der Waals surface area contributed by atoms with Crippen LogP contribution >= 0.6 is 11.6 Å². The van der Waals surface area contributed by atoms with E-state index >= 15 is 0 Å². The molecule has 3 rings (SSSR count). The van der Waals surface area contributed by atoms with Crippen LogP contribution in [0.1, 0.15) is 41.5 Å². The Hall–Kier alpha value is -2.86. The number of hydrogen-bond donors (Lipinski definition) is 2. The van der Waals surface area contributed by atoms with Crippen LogP contribution in [0.15, 0.2) is 47.0 Å². The first-order chi connectivity index (χ1) is 13.9. The number of alkyl halides is 1. The zero-order valence-corrected chi connectivity index (χ0v) is 17.4. The van der Waals surface area contributed by atoms with Crippen molar-refractivity contribution >= 4 is 34.2 Å². The van der Waals surface area contributed by atoms with E-state index in [0.29, 0.717) is 11.5 Å². The molecule has 0 fully saturated rings. The Morgan fingerprint density at radius 2 is 1.86 bits per heavy atom. The molecule has 3 aromatic rings. The lowest BCUT2D eigenvalue weighted by Gasteiger charge is -2.22. The van der Waals surface area contributed by atoms with Crippen molar-refractivity contribution in [2.75, 3.05) is 12.4 Å². The lowest BCUT2D eigenvalue weighted by atomic mass is 9.97. The van der Waals surface area contributed by atoms with Crippen molar-refractivity contribution in [3.8, 4) is 0 Å². The Balaban J connectivity index is 1.86. The van der Waals surface area contributed by atoms with E-state index < -0.39 is 12.0 Å². The molecule has 0 saturated heterocycles. The number of aryl methyl sites for hydroxylation is 2. The van der Waals surface area contributed by atoms with Gasteiger partial charge in [-0.05, 0) is 43.2 Å². The highest BCUT2D eigenvalue weighted by Gasteiger charge is 2.25. The molecule has 0 aliphatic rings. The maximum absolute atomic E-state index is 13.0. The molecule has 0 spiro atoms. The van der Waals surface area contributed by atoms with Crippen molar-refractivity contribution in [1.29, 1.82) is 0 Å². The summed E-state index contributed by atoms with van der Waals surface area (Å²) >= 11 is 5.60. The van der Waals surface area contributed by atoms with E-state index in [0.717, 1.165) is 21.9 Å². The Kier molecular flexibility index (Phi) is 6.54. The number of carbonyl (C=O) groups is 2. The molecular formula is C22H24ClN3O3. The average molecular weight is 414 g/mol. The second-order valence-corrected chi connectivity index (χ2v) is 7.33. The molecule has 0 aliphatic carbocycles. The van der Waals surface area contributed by atoms with Crippen LogP contribution in [-0.4, -0.2) is 29.4 Å². The van der Waals surface area contributed by atoms with Gasteiger partial charge in [0.2, 0.25) is 11.8 Å². The predicted molar refractivity (Wildman–Crippen MR) is 113 cm³/mol. The first kappa shape index (κ1) is 20.9. The minimum atomic E-state index is -0.437. The van der Waals surface area contributed by atoms with E-state index in [1.165, 1.54) is 0 Å². The van der Waals surface area contributed by atoms with Crippen molar-refractivity contribution < 1.29 is 14.1 Å². The molecule has 0 saturated carbocycles. The quantitative estimate of drug-likeness (QED) is 0.577. The molecule has 0 bridgehead atoms. The van der Waals surface area contributed by atoms with E-state index in [1.54, 1.807) is 6.92 Å². The highest BCUT2D eigenvalue weighted by atomic mass is 35.5. The largest absolute Gasteiger partial charge is 0.361 e. The molecule has 29 heavy (non-hydrogen) atoms. The van der Waals surface area contributed by atoms with Crippen molar-refractivity contribution in [3.05, 3.63) is 65.0 Å². The minimum Gasteiger partial charge on any atom is -0.361 e. The summed E-state index contributed by atoms with van der Waals surface area (Å²) in [4.78, 5) is 24.7. The van der Waals surface area contributed by atoms with E-state index in [-0.39, 0.29) is 24.2 Å². The first-order valence-electron chi connectivity index (χ1n) is 9.45. The Bertz CT molecular complexity index is 1010. The monoisotopic (exact) mass is 413 g/mol. The van der Waals surface area contributed by atoms with Gasteiger partial charge in [0, 0.05) is 12.1 Å². The topological polar surface area (TPSA) is 84.2 Å². The molecule has 2 amide bonds. The number of hydrogen-bond acceptors (Lipinski definition) is 4. The summed E-state index contributed by atoms with van der Waals surface area (Å²) in [5.74, 6) is -0.396. The van der Waals surface area contributed by atoms with E-state index in [1.807, 2.05) is 56.3 Å². The molecule has 2 atom stereocenters. The molecule has 0 radical (unpaired) electrons. The fourth-order valence-corrected chi connectivity index (χ4v) is 3.57. The van der Waals surface area contributed by atoms with Gasteiger partial charge in [-0.3, -0.25) is 9.59 Å². The van der Waals surface area contributed by atoms with Crippen LogP contribution < -0.4 is 10.6 Å². The van der Waals surface area contributed by atoms with E-state index in [4.69, 9.17) is 16.1 Å². The van der Waals surface area contributed by atoms with Gasteiger partial charge in [-0.25, -0.2) is 0 Å². The standard InChI is InChI=1S/C22H24ClN3O3/c1-13(21-14(2)26-29-15(21)3)22(28)25-19(12-24-20(27)11-23)18-9-8-16-6-4-5-7-17(16)10-18/h4-10,13,19H,11-12H2,1-3H3,(H,24,27)(H,25,28). The number of amides is 2. The first-order valence-corrected chi connectivity index (χ1v) is 9.98. The lowest BCUT2D eigenvalue weighted by molar-refractivity contribution is -0.123. The molecule has 7 heteroatoms. The smallest absolute Gasteiger partial charge is 0.235 e. The summed E-state index contributed by atoms with van der Waals surface area (Å²) in [6, 6.07) is 13.6. The third kappa shape index (κ3) is 4.77. The zero-order valence-electron chi connectivity index (χ0n) is 16.7. The fraction of sp³-hybridized carbons (Fsp3) is 0.318. The average Bonchev–Trinajstić information content (AvgIpc) is 3.07. The van der Waals surface area contributed by atoms with Crippen LogP contribution in [-0.2, 0) is 9.59 Å². The van der Waals surface area contributed by atoms with Gasteiger partial charge in [-0.2, -0.15) is 0 Å². The van der Waals surface area contributed by atoms with Crippen LogP contribution in [0.4, 0.5) is 0 Å². The number of rotatable bonds is 7. The van der Waals surface area contributed by atoms with Crippen LogP contribution in [0.2, 0.25) is 0 Å². The Labute approximate surface area is 174 Å². The number of carbonyl (C=O) groups excluding carboxylic acids is 2. The van der Waals surface area contributed by atoms with Gasteiger partial charge in [-0.1, -0.05) is 41.6 Å². The highest BCUT2D eigenvalue weighted by molar-refractivity contribution is 6.27. The van der Waals surface area contributed by atoms with Crippen LogP contribution in [0.5, 0.6) is 0 Å². The molecule has 6 nitrogen and oxygen atoms in total. The van der Waals surface area contributed by atoms with Gasteiger partial charge >= 0.3 is 0 Å². The second kappa shape index (κ2) is 9.09. The molecule has 2 aromatic carbocycles. The molecular weight excluding hydrogens is 390 g/mol. The van der Waals surface area contributed by atoms with Crippen molar-refractivity contribution in [2.45, 2.75) is 32.7 Å². The normalized spacial score (nSPS) is 13.1. The predicted octanol–water partition coefficient (Wildman–Crippen LogP) is 3.76. The number of halogens is 1. The SMILES string of the molecule is Cc1noc(C)c1C(C)C(=O)NC(CNC(=O)CCl)c1ccc2ccccc2c1. The summed E-state index contributed by atoms with van der Waals surface area (Å²) < 4.78 is 5.20. The third-order valence-corrected chi connectivity index (χ3v) is 5.27. The van der Waals surface area contributed by atoms with Gasteiger partial charge in [0.15, 0.2) is 0 Å². The van der Waals surface area contributed by atoms with Crippen molar-refractivity contribution in [3.63, 3.8) is 0 Å². The maximum Gasteiger partial charge on any atom is 0.235 e. The maximum atomic E-state index is 13.0. The molecule has 2 N–H and O–H groups in total. The van der Waals surface area contributed by atoms with Crippen LogP contribution in [0.3, 0.4) is 0 Å². The summed E-state index contributed by atoms with van der Waals surface area (Å²) in [5, 5.41) is 11.9. The third-order valence-electron chi connectivity index (χ3n) is 5.03. The van der Waals surface area contributed by atoms with Gasteiger partial charge in [0.25, 0.3) is 0 Å². The van der Waals surface area contributed by atoms with Crippen LogP contribution in [0, 0.1) is 13.8 Å². The second-order valence-electron chi connectivity index (χ2n) is 7.07. The number of fused-ring (bicyclic) bond motifs is 1. The summed E-state index contributed by atoms with van der Waals surface area (Å²) in [6.45, 7) is 5.67.